The van der Waals surface area contributed by atoms with Gasteiger partial charge in [0.2, 0.25) is 5.91 Å². The molecule has 0 aromatic heterocycles. The van der Waals surface area contributed by atoms with Gasteiger partial charge in [-0.1, -0.05) is 20.3 Å². The number of hydrogen-bond acceptors (Lipinski definition) is 2. The van der Waals surface area contributed by atoms with Crippen LogP contribution in [-0.2, 0) is 4.79 Å². The normalized spacial score (nSPS) is 10.0. The van der Waals surface area contributed by atoms with E-state index < -0.39 is 0 Å². The quantitative estimate of drug-likeness (QED) is 0.463. The third kappa shape index (κ3) is 5.56. The topological polar surface area (TPSA) is 49.3 Å². The molecule has 3 nitrogen and oxygen atoms in total. The van der Waals surface area contributed by atoms with Gasteiger partial charge in [0, 0.05) is 6.42 Å². The lowest BCUT2D eigenvalue weighted by Gasteiger charge is -2.01. The lowest BCUT2D eigenvalue weighted by atomic mass is 10.1. The van der Waals surface area contributed by atoms with E-state index in [-0.39, 0.29) is 5.91 Å². The van der Waals surface area contributed by atoms with Crippen molar-refractivity contribution in [2.45, 2.75) is 33.1 Å². The molecule has 0 atom stereocenters. The van der Waals surface area contributed by atoms with Gasteiger partial charge < -0.3 is 0 Å². The van der Waals surface area contributed by atoms with Gasteiger partial charge in [-0.2, -0.15) is 0 Å². The van der Waals surface area contributed by atoms with E-state index in [1.807, 2.05) is 0 Å². The van der Waals surface area contributed by atoms with Crippen molar-refractivity contribution in [2.75, 3.05) is 0 Å². The summed E-state index contributed by atoms with van der Waals surface area (Å²) in [6.07, 6.45) is 2.31. The summed E-state index contributed by atoms with van der Waals surface area (Å²) in [5.41, 5.74) is 1.60. The molecule has 1 amide bonds. The van der Waals surface area contributed by atoms with E-state index in [2.05, 4.69) is 13.8 Å². The Labute approximate surface area is 61.4 Å². The SMILES string of the molecule is CC(C)CCCC(=O)NO. The second kappa shape index (κ2) is 5.23. The molecular weight excluding hydrogens is 130 g/mol. The summed E-state index contributed by atoms with van der Waals surface area (Å²) in [4.78, 5) is 10.4. The van der Waals surface area contributed by atoms with Gasteiger partial charge in [-0.25, -0.2) is 5.48 Å². The van der Waals surface area contributed by atoms with Crippen LogP contribution in [0.2, 0.25) is 0 Å². The zero-order valence-corrected chi connectivity index (χ0v) is 6.55. The zero-order chi connectivity index (χ0) is 7.98. The lowest BCUT2D eigenvalue weighted by Crippen LogP contribution is -2.17. The molecule has 0 rings (SSSR count). The van der Waals surface area contributed by atoms with Crippen LogP contribution in [0.15, 0.2) is 0 Å². The highest BCUT2D eigenvalue weighted by atomic mass is 16.5. The van der Waals surface area contributed by atoms with Gasteiger partial charge in [-0.05, 0) is 12.3 Å². The molecular formula is C7H15NO2. The van der Waals surface area contributed by atoms with Crippen LogP contribution < -0.4 is 5.48 Å². The van der Waals surface area contributed by atoms with Crippen LogP contribution in [0.4, 0.5) is 0 Å². The Kier molecular flexibility index (Phi) is 4.94. The summed E-state index contributed by atoms with van der Waals surface area (Å²) in [5.74, 6) is 0.340. The minimum atomic E-state index is -0.291. The molecule has 0 saturated carbocycles. The minimum absolute atomic E-state index is 0.291. The van der Waals surface area contributed by atoms with Crippen molar-refractivity contribution in [3.8, 4) is 0 Å². The van der Waals surface area contributed by atoms with Gasteiger partial charge in [-0.3, -0.25) is 10.0 Å². The van der Waals surface area contributed by atoms with Crippen molar-refractivity contribution in [3.63, 3.8) is 0 Å². The van der Waals surface area contributed by atoms with Gasteiger partial charge in [-0.15, -0.1) is 0 Å². The molecule has 0 bridgehead atoms. The molecule has 0 saturated heterocycles. The second-order valence-electron chi connectivity index (χ2n) is 2.82. The first kappa shape index (κ1) is 9.43. The van der Waals surface area contributed by atoms with Crippen molar-refractivity contribution in [2.24, 2.45) is 5.92 Å². The number of carbonyl (C=O) groups excluding carboxylic acids is 1. The molecule has 0 aliphatic rings. The third-order valence-electron chi connectivity index (χ3n) is 1.31. The monoisotopic (exact) mass is 145 g/mol. The maximum atomic E-state index is 10.4. The summed E-state index contributed by atoms with van der Waals surface area (Å²) in [6.45, 7) is 4.22. The number of hydrogen-bond donors (Lipinski definition) is 2. The summed E-state index contributed by atoms with van der Waals surface area (Å²) in [5, 5.41) is 8.10. The highest BCUT2D eigenvalue weighted by Crippen LogP contribution is 2.05. The lowest BCUT2D eigenvalue weighted by molar-refractivity contribution is -0.129. The highest BCUT2D eigenvalue weighted by Gasteiger charge is 1.99. The van der Waals surface area contributed by atoms with Gasteiger partial charge in [0.05, 0.1) is 0 Å². The second-order valence-corrected chi connectivity index (χ2v) is 2.82. The van der Waals surface area contributed by atoms with Crippen LogP contribution in [0.5, 0.6) is 0 Å². The Bertz CT molecular complexity index is 102. The summed E-state index contributed by atoms with van der Waals surface area (Å²) in [6, 6.07) is 0. The molecule has 0 radical (unpaired) electrons. The number of amides is 1. The standard InChI is InChI=1S/C7H15NO2/c1-6(2)4-3-5-7(9)8-10/h6,10H,3-5H2,1-2H3,(H,8,9). The molecule has 0 aromatic carbocycles. The van der Waals surface area contributed by atoms with Crippen LogP contribution in [0.25, 0.3) is 0 Å². The Morgan fingerprint density at radius 1 is 1.60 bits per heavy atom. The van der Waals surface area contributed by atoms with E-state index in [9.17, 15) is 4.79 Å². The van der Waals surface area contributed by atoms with E-state index in [1.165, 1.54) is 0 Å². The molecule has 10 heavy (non-hydrogen) atoms. The van der Waals surface area contributed by atoms with Crippen LogP contribution in [0.1, 0.15) is 33.1 Å². The maximum Gasteiger partial charge on any atom is 0.243 e. The Morgan fingerprint density at radius 2 is 2.20 bits per heavy atom. The predicted octanol–water partition coefficient (Wildman–Crippen LogP) is 1.32. The summed E-state index contributed by atoms with van der Waals surface area (Å²) >= 11 is 0. The number of nitrogens with one attached hydrogen (secondary N) is 1. The largest absolute Gasteiger partial charge is 0.289 e. The van der Waals surface area contributed by atoms with Crippen LogP contribution in [0, 0.1) is 5.92 Å². The molecule has 0 aliphatic carbocycles. The average molecular weight is 145 g/mol. The van der Waals surface area contributed by atoms with Crippen LogP contribution >= 0.6 is 0 Å². The zero-order valence-electron chi connectivity index (χ0n) is 6.55. The van der Waals surface area contributed by atoms with Gasteiger partial charge in [0.15, 0.2) is 0 Å². The fourth-order valence-corrected chi connectivity index (χ4v) is 0.727. The van der Waals surface area contributed by atoms with E-state index in [4.69, 9.17) is 5.21 Å². The Hall–Kier alpha value is -0.570. The van der Waals surface area contributed by atoms with E-state index in [0.29, 0.717) is 12.3 Å². The third-order valence-corrected chi connectivity index (χ3v) is 1.31. The van der Waals surface area contributed by atoms with Crippen LogP contribution in [0.3, 0.4) is 0 Å². The predicted molar refractivity (Wildman–Crippen MR) is 38.6 cm³/mol. The van der Waals surface area contributed by atoms with E-state index >= 15 is 0 Å². The fraction of sp³-hybridized carbons (Fsp3) is 0.857. The first-order valence-corrected chi connectivity index (χ1v) is 3.59. The van der Waals surface area contributed by atoms with Crippen molar-refractivity contribution < 1.29 is 10.0 Å². The Morgan fingerprint density at radius 3 is 2.60 bits per heavy atom. The first-order chi connectivity index (χ1) is 4.66. The molecule has 0 fully saturated rings. The molecule has 60 valence electrons. The Balaban J connectivity index is 3.12. The first-order valence-electron chi connectivity index (χ1n) is 3.59. The molecule has 3 heteroatoms. The summed E-state index contributed by atoms with van der Waals surface area (Å²) < 4.78 is 0. The van der Waals surface area contributed by atoms with Crippen molar-refractivity contribution in [3.05, 3.63) is 0 Å². The molecule has 0 heterocycles. The molecule has 0 unspecified atom stereocenters. The average Bonchev–Trinajstić information content (AvgIpc) is 1.87. The highest BCUT2D eigenvalue weighted by molar-refractivity contribution is 5.74. The van der Waals surface area contributed by atoms with Crippen LogP contribution in [-0.4, -0.2) is 11.1 Å². The van der Waals surface area contributed by atoms with E-state index in [1.54, 1.807) is 5.48 Å². The van der Waals surface area contributed by atoms with Crippen molar-refractivity contribution in [1.82, 2.24) is 5.48 Å². The molecule has 0 aliphatic heterocycles. The van der Waals surface area contributed by atoms with E-state index in [0.717, 1.165) is 12.8 Å². The van der Waals surface area contributed by atoms with Gasteiger partial charge in [0.25, 0.3) is 0 Å². The van der Waals surface area contributed by atoms with Crippen molar-refractivity contribution in [1.29, 1.82) is 0 Å². The number of rotatable bonds is 4. The van der Waals surface area contributed by atoms with Crippen molar-refractivity contribution >= 4 is 5.91 Å². The molecule has 0 spiro atoms. The van der Waals surface area contributed by atoms with Gasteiger partial charge in [0.1, 0.15) is 0 Å². The molecule has 0 aromatic rings. The molecule has 2 N–H and O–H groups in total. The number of hydroxylamine groups is 1. The fourth-order valence-electron chi connectivity index (χ4n) is 0.727. The summed E-state index contributed by atoms with van der Waals surface area (Å²) in [7, 11) is 0. The minimum Gasteiger partial charge on any atom is -0.289 e. The number of carbonyl (C=O) groups is 1. The maximum absolute atomic E-state index is 10.4. The smallest absolute Gasteiger partial charge is 0.243 e. The van der Waals surface area contributed by atoms with Gasteiger partial charge >= 0.3 is 0 Å².